The molecule has 35 heavy (non-hydrogen) atoms. The number of carbonyl (C=O) groups is 3. The molecule has 0 atom stereocenters. The largest absolute Gasteiger partial charge is 0.479 e. The third-order valence-corrected chi connectivity index (χ3v) is 7.72. The number of anilines is 1. The van der Waals surface area contributed by atoms with Crippen LogP contribution in [-0.2, 0) is 14.3 Å². The van der Waals surface area contributed by atoms with E-state index in [1.807, 2.05) is 24.3 Å². The number of thiophene rings is 1. The van der Waals surface area contributed by atoms with E-state index >= 15 is 0 Å². The van der Waals surface area contributed by atoms with E-state index < -0.39 is 23.6 Å². The molecule has 10 heteroatoms. The summed E-state index contributed by atoms with van der Waals surface area (Å²) in [5.41, 5.74) is 6.57. The van der Waals surface area contributed by atoms with Gasteiger partial charge in [-0.05, 0) is 67.2 Å². The van der Waals surface area contributed by atoms with E-state index in [-0.39, 0.29) is 23.3 Å². The van der Waals surface area contributed by atoms with Crippen molar-refractivity contribution in [1.29, 1.82) is 0 Å². The Bertz CT molecular complexity index is 1090. The van der Waals surface area contributed by atoms with E-state index in [9.17, 15) is 14.4 Å². The van der Waals surface area contributed by atoms with Crippen molar-refractivity contribution in [2.24, 2.45) is 5.73 Å². The minimum absolute atomic E-state index is 0.0571. The SMILES string of the molecule is COC(=O)c1sc(-c2cccc(N(C(N)=O)C3CCCCC3)c2)c(Br)c1OCC(=O)OC(C)(C)C. The van der Waals surface area contributed by atoms with E-state index in [0.29, 0.717) is 15.0 Å². The molecule has 0 spiro atoms. The molecular weight excluding hydrogens is 536 g/mol. The highest BCUT2D eigenvalue weighted by Gasteiger charge is 2.28. The van der Waals surface area contributed by atoms with Gasteiger partial charge in [-0.1, -0.05) is 31.4 Å². The lowest BCUT2D eigenvalue weighted by molar-refractivity contribution is -0.157. The summed E-state index contributed by atoms with van der Waals surface area (Å²) in [5, 5.41) is 0. The lowest BCUT2D eigenvalue weighted by Crippen LogP contribution is -2.44. The van der Waals surface area contributed by atoms with Gasteiger partial charge in [-0.25, -0.2) is 14.4 Å². The van der Waals surface area contributed by atoms with Crippen molar-refractivity contribution in [3.05, 3.63) is 33.6 Å². The molecule has 0 radical (unpaired) electrons. The Kier molecular flexibility index (Phi) is 8.82. The van der Waals surface area contributed by atoms with E-state index in [0.717, 1.165) is 37.7 Å². The van der Waals surface area contributed by atoms with Crippen molar-refractivity contribution < 1.29 is 28.6 Å². The first-order valence-electron chi connectivity index (χ1n) is 11.5. The number of nitrogens with zero attached hydrogens (tertiary/aromatic N) is 1. The predicted molar refractivity (Wildman–Crippen MR) is 139 cm³/mol. The molecule has 0 aliphatic heterocycles. The van der Waals surface area contributed by atoms with Crippen LogP contribution in [-0.4, -0.2) is 43.3 Å². The maximum absolute atomic E-state index is 12.5. The topological polar surface area (TPSA) is 108 Å². The van der Waals surface area contributed by atoms with Crippen LogP contribution in [0.5, 0.6) is 5.75 Å². The van der Waals surface area contributed by atoms with E-state index in [1.54, 1.807) is 25.7 Å². The Morgan fingerprint density at radius 3 is 2.46 bits per heavy atom. The van der Waals surface area contributed by atoms with Gasteiger partial charge in [0.05, 0.1) is 16.5 Å². The fourth-order valence-corrected chi connectivity index (χ4v) is 6.06. The minimum atomic E-state index is -0.659. The van der Waals surface area contributed by atoms with Crippen LogP contribution in [0.25, 0.3) is 10.4 Å². The van der Waals surface area contributed by atoms with Gasteiger partial charge in [-0.3, -0.25) is 4.90 Å². The molecular formula is C25H31BrN2O6S. The molecule has 1 aromatic carbocycles. The van der Waals surface area contributed by atoms with Crippen LogP contribution in [0.1, 0.15) is 62.5 Å². The molecule has 0 saturated heterocycles. The van der Waals surface area contributed by atoms with Gasteiger partial charge >= 0.3 is 18.0 Å². The number of carbonyl (C=O) groups excluding carboxylic acids is 3. The van der Waals surface area contributed by atoms with Gasteiger partial charge in [0.1, 0.15) is 5.60 Å². The molecule has 1 aliphatic carbocycles. The zero-order valence-corrected chi connectivity index (χ0v) is 22.8. The number of primary amides is 1. The summed E-state index contributed by atoms with van der Waals surface area (Å²) in [6.07, 6.45) is 5.10. The molecule has 8 nitrogen and oxygen atoms in total. The average Bonchev–Trinajstić information content (AvgIpc) is 3.13. The smallest absolute Gasteiger partial charge is 0.351 e. The summed E-state index contributed by atoms with van der Waals surface area (Å²) in [6.45, 7) is 4.92. The first-order chi connectivity index (χ1) is 16.5. The first-order valence-corrected chi connectivity index (χ1v) is 13.1. The standard InChI is InChI=1S/C25H31BrN2O6S/c1-25(2,3)34-18(29)14-33-20-19(26)21(35-22(20)23(30)32-4)15-9-8-12-17(13-15)28(24(27)31)16-10-6-5-7-11-16/h8-9,12-13,16H,5-7,10-11,14H2,1-4H3,(H2,27,31). The molecule has 2 aromatic rings. The molecule has 1 aromatic heterocycles. The van der Waals surface area contributed by atoms with E-state index in [4.69, 9.17) is 19.9 Å². The molecule has 0 bridgehead atoms. The van der Waals surface area contributed by atoms with Gasteiger partial charge in [0.25, 0.3) is 0 Å². The number of amides is 2. The molecule has 0 unspecified atom stereocenters. The average molecular weight is 568 g/mol. The molecule has 2 amide bonds. The number of halogens is 1. The second-order valence-electron chi connectivity index (χ2n) is 9.32. The van der Waals surface area contributed by atoms with Gasteiger partial charge in [0.2, 0.25) is 0 Å². The zero-order valence-electron chi connectivity index (χ0n) is 20.4. The molecule has 190 valence electrons. The van der Waals surface area contributed by atoms with Crippen LogP contribution in [0.2, 0.25) is 0 Å². The maximum atomic E-state index is 12.5. The summed E-state index contributed by atoms with van der Waals surface area (Å²) >= 11 is 4.70. The highest BCUT2D eigenvalue weighted by molar-refractivity contribution is 9.10. The van der Waals surface area contributed by atoms with E-state index in [1.165, 1.54) is 18.4 Å². The molecule has 2 N–H and O–H groups in total. The Morgan fingerprint density at radius 2 is 1.86 bits per heavy atom. The molecule has 3 rings (SSSR count). The zero-order chi connectivity index (χ0) is 25.8. The van der Waals surface area contributed by atoms with Crippen molar-refractivity contribution in [3.63, 3.8) is 0 Å². The van der Waals surface area contributed by atoms with E-state index in [2.05, 4.69) is 15.9 Å². The van der Waals surface area contributed by atoms with Gasteiger partial charge in [-0.15, -0.1) is 11.3 Å². The Balaban J connectivity index is 1.95. The number of hydrogen-bond donors (Lipinski definition) is 1. The second-order valence-corrected chi connectivity index (χ2v) is 11.1. The minimum Gasteiger partial charge on any atom is -0.479 e. The quantitative estimate of drug-likeness (QED) is 0.418. The van der Waals surface area contributed by atoms with Gasteiger partial charge in [-0.2, -0.15) is 0 Å². The van der Waals surface area contributed by atoms with Gasteiger partial charge in [0, 0.05) is 11.7 Å². The number of esters is 2. The number of methoxy groups -OCH3 is 1. The maximum Gasteiger partial charge on any atom is 0.351 e. The van der Waals surface area contributed by atoms with Crippen LogP contribution in [0.3, 0.4) is 0 Å². The van der Waals surface area contributed by atoms with Crippen molar-refractivity contribution >= 4 is 50.9 Å². The molecule has 1 heterocycles. The number of urea groups is 1. The monoisotopic (exact) mass is 566 g/mol. The van der Waals surface area contributed by atoms with Crippen LogP contribution >= 0.6 is 27.3 Å². The second kappa shape index (κ2) is 11.4. The van der Waals surface area contributed by atoms with Crippen molar-refractivity contribution in [1.82, 2.24) is 0 Å². The van der Waals surface area contributed by atoms with Crippen molar-refractivity contribution in [2.45, 2.75) is 64.5 Å². The highest BCUT2D eigenvalue weighted by Crippen LogP contribution is 2.46. The van der Waals surface area contributed by atoms with Crippen molar-refractivity contribution in [3.8, 4) is 16.2 Å². The van der Waals surface area contributed by atoms with Crippen LogP contribution in [0.4, 0.5) is 10.5 Å². The molecule has 1 fully saturated rings. The predicted octanol–water partition coefficient (Wildman–Crippen LogP) is 5.90. The fraction of sp³-hybridized carbons (Fsp3) is 0.480. The first kappa shape index (κ1) is 27.0. The number of rotatable bonds is 7. The summed E-state index contributed by atoms with van der Waals surface area (Å²) in [4.78, 5) is 39.6. The number of ether oxygens (including phenoxy) is 3. The lowest BCUT2D eigenvalue weighted by Gasteiger charge is -2.33. The summed E-state index contributed by atoms with van der Waals surface area (Å²) in [7, 11) is 1.28. The lowest BCUT2D eigenvalue weighted by atomic mass is 9.94. The molecule has 1 saturated carbocycles. The number of benzene rings is 1. The van der Waals surface area contributed by atoms with Gasteiger partial charge < -0.3 is 19.9 Å². The normalized spacial score (nSPS) is 14.3. The van der Waals surface area contributed by atoms with Crippen molar-refractivity contribution in [2.75, 3.05) is 18.6 Å². The third-order valence-electron chi connectivity index (χ3n) is 5.50. The summed E-state index contributed by atoms with van der Waals surface area (Å²) in [6, 6.07) is 7.01. The Morgan fingerprint density at radius 1 is 1.17 bits per heavy atom. The Hall–Kier alpha value is -2.59. The summed E-state index contributed by atoms with van der Waals surface area (Å²) < 4.78 is 16.4. The third kappa shape index (κ3) is 6.76. The Labute approximate surface area is 217 Å². The number of nitrogens with two attached hydrogens (primary N) is 1. The van der Waals surface area contributed by atoms with Crippen LogP contribution < -0.4 is 15.4 Å². The van der Waals surface area contributed by atoms with Crippen LogP contribution in [0.15, 0.2) is 28.7 Å². The van der Waals surface area contributed by atoms with Crippen LogP contribution in [0, 0.1) is 0 Å². The fourth-order valence-electron chi connectivity index (χ4n) is 4.09. The number of hydrogen-bond acceptors (Lipinski definition) is 7. The molecule has 1 aliphatic rings. The summed E-state index contributed by atoms with van der Waals surface area (Å²) in [5.74, 6) is -0.940. The van der Waals surface area contributed by atoms with Gasteiger partial charge in [0.15, 0.2) is 17.2 Å². The highest BCUT2D eigenvalue weighted by atomic mass is 79.9.